The van der Waals surface area contributed by atoms with Gasteiger partial charge in [0.15, 0.2) is 0 Å². The van der Waals surface area contributed by atoms with Crippen LogP contribution in [0.3, 0.4) is 0 Å². The van der Waals surface area contributed by atoms with Crippen LogP contribution in [-0.4, -0.2) is 23.1 Å². The molecular weight excluding hydrogens is 305 g/mol. The fourth-order valence-electron chi connectivity index (χ4n) is 0.645. The number of hydrogen-bond acceptors (Lipinski definition) is 3. The molecule has 0 aliphatic carbocycles. The summed E-state index contributed by atoms with van der Waals surface area (Å²) in [5, 5.41) is 0. The van der Waals surface area contributed by atoms with Crippen molar-refractivity contribution in [3.05, 3.63) is 24.1 Å². The van der Waals surface area contributed by atoms with E-state index in [4.69, 9.17) is 9.59 Å². The van der Waals surface area contributed by atoms with Crippen LogP contribution in [0.5, 0.6) is 0 Å². The molecule has 0 saturated carbocycles. The first-order chi connectivity index (χ1) is 7.56. The smallest absolute Gasteiger partial charge is 0.545 e. The molecule has 5 heteroatoms. The zero-order valence-corrected chi connectivity index (χ0v) is 12.8. The van der Waals surface area contributed by atoms with Crippen LogP contribution in [0.15, 0.2) is 12.5 Å². The normalized spacial score (nSPS) is 7.18. The molecule has 0 saturated heterocycles. The Morgan fingerprint density at radius 3 is 1.71 bits per heavy atom. The molecule has 0 unspecified atom stereocenters. The molecule has 1 rings (SSSR count). The molecule has 4 nitrogen and oxygen atoms in total. The summed E-state index contributed by atoms with van der Waals surface area (Å²) in [6.07, 6.45) is 3.87. The van der Waals surface area contributed by atoms with Crippen LogP contribution in [0.1, 0.15) is 33.4 Å². The van der Waals surface area contributed by atoms with Gasteiger partial charge in [-0.1, -0.05) is 0 Å². The Hall–Kier alpha value is -0.827. The first-order valence-electron chi connectivity index (χ1n) is 4.78. The predicted octanol–water partition coefficient (Wildman–Crippen LogP) is 2.28. The van der Waals surface area contributed by atoms with Gasteiger partial charge in [0.25, 0.3) is 0 Å². The molecular formula is C12H21N2O2Ru. The molecule has 0 N–H and O–H groups in total. The van der Waals surface area contributed by atoms with Gasteiger partial charge in [0.1, 0.15) is 0 Å². The molecule has 0 atom stereocenters. The van der Waals surface area contributed by atoms with Crippen molar-refractivity contribution >= 4 is 13.6 Å². The molecule has 1 radical (unpaired) electrons. The zero-order chi connectivity index (χ0) is 13.6. The number of carbonyl (C=O) groups excluding carboxylic acids is 2. The number of aromatic nitrogens is 2. The minimum absolute atomic E-state index is 0. The van der Waals surface area contributed by atoms with Crippen molar-refractivity contribution in [3.63, 3.8) is 0 Å². The van der Waals surface area contributed by atoms with Gasteiger partial charge in [-0.05, 0) is 13.8 Å². The quantitative estimate of drug-likeness (QED) is 0.452. The van der Waals surface area contributed by atoms with Crippen molar-refractivity contribution in [2.75, 3.05) is 0 Å². The maximum absolute atomic E-state index is 7.75. The van der Waals surface area contributed by atoms with Gasteiger partial charge in [-0.25, -0.2) is 4.98 Å². The third kappa shape index (κ3) is 25.4. The summed E-state index contributed by atoms with van der Waals surface area (Å²) in [4.78, 5) is 19.6. The summed E-state index contributed by atoms with van der Waals surface area (Å²) in [6, 6.07) is 0. The monoisotopic (exact) mass is 327 g/mol. The first-order valence-corrected chi connectivity index (χ1v) is 4.78. The van der Waals surface area contributed by atoms with Crippen LogP contribution in [0.25, 0.3) is 0 Å². The average molecular weight is 326 g/mol. The Morgan fingerprint density at radius 1 is 1.24 bits per heavy atom. The van der Waals surface area contributed by atoms with E-state index in [1.807, 2.05) is 19.4 Å². The van der Waals surface area contributed by atoms with E-state index in [0.717, 1.165) is 12.2 Å². The van der Waals surface area contributed by atoms with Gasteiger partial charge >= 0.3 is 19.5 Å². The molecule has 0 aliphatic rings. The van der Waals surface area contributed by atoms with Gasteiger partial charge < -0.3 is 20.1 Å². The fraction of sp³-hybridized carbons (Fsp3) is 0.500. The van der Waals surface area contributed by atoms with Crippen molar-refractivity contribution in [2.45, 2.75) is 41.2 Å². The van der Waals surface area contributed by atoms with E-state index in [9.17, 15) is 0 Å². The second kappa shape index (κ2) is 20.6. The van der Waals surface area contributed by atoms with Crippen LogP contribution < -0.4 is 0 Å². The van der Waals surface area contributed by atoms with Crippen molar-refractivity contribution in [1.82, 2.24) is 9.55 Å². The summed E-state index contributed by atoms with van der Waals surface area (Å²) in [5.41, 5.74) is 1.09. The van der Waals surface area contributed by atoms with Crippen LogP contribution in [-0.2, 0) is 35.6 Å². The number of hydrogen-bond donors (Lipinski definition) is 0. The summed E-state index contributed by atoms with van der Waals surface area (Å²) in [5.74, 6) is 1.42. The van der Waals surface area contributed by atoms with Gasteiger partial charge in [0.2, 0.25) is 0 Å². The SMILES string of the molecule is CCn1cnc(C)c1.C[C-](C)C.[CH-]=O.[CH-]=O.[Ru+3]. The van der Waals surface area contributed by atoms with Crippen LogP contribution in [0.2, 0.25) is 0 Å². The third-order valence-electron chi connectivity index (χ3n) is 1.13. The number of imidazole rings is 1. The second-order valence-electron chi connectivity index (χ2n) is 3.35. The molecule has 1 aromatic heterocycles. The summed E-state index contributed by atoms with van der Waals surface area (Å²) >= 11 is 0. The largest absolute Gasteiger partial charge is 3.00 e. The van der Waals surface area contributed by atoms with E-state index in [1.54, 1.807) is 0 Å². The topological polar surface area (TPSA) is 52.0 Å². The molecule has 0 aliphatic heterocycles. The van der Waals surface area contributed by atoms with E-state index in [0.29, 0.717) is 0 Å². The van der Waals surface area contributed by atoms with Gasteiger partial charge in [-0.2, -0.15) is 20.8 Å². The Kier molecular flexibility index (Phi) is 30.4. The Bertz CT molecular complexity index is 235. The standard InChI is InChI=1S/C6H10N2.C4H9.2CHO.Ru/c1-3-8-4-6(2)7-5-8;1-4(2)3;2*1-2;/h4-5H,3H2,1-2H3;1-3H3;2*1H;/q;3*-1;+3. The first kappa shape index (κ1) is 25.1. The van der Waals surface area contributed by atoms with Crippen LogP contribution in [0, 0.1) is 12.8 Å². The maximum atomic E-state index is 7.75. The average Bonchev–Trinajstić information content (AvgIpc) is 2.69. The molecule has 0 amide bonds. The molecule has 0 aromatic carbocycles. The van der Waals surface area contributed by atoms with Crippen molar-refractivity contribution in [2.24, 2.45) is 0 Å². The molecule has 0 spiro atoms. The second-order valence-corrected chi connectivity index (χ2v) is 3.35. The van der Waals surface area contributed by atoms with Gasteiger partial charge in [0.05, 0.1) is 12.0 Å². The van der Waals surface area contributed by atoms with Gasteiger partial charge in [-0.3, -0.25) is 13.6 Å². The minimum atomic E-state index is 0. The number of rotatable bonds is 1. The minimum Gasteiger partial charge on any atom is -0.545 e. The van der Waals surface area contributed by atoms with Crippen molar-refractivity contribution in [1.29, 1.82) is 0 Å². The van der Waals surface area contributed by atoms with Gasteiger partial charge in [-0.15, -0.1) is 0 Å². The Morgan fingerprint density at radius 2 is 1.59 bits per heavy atom. The summed E-state index contributed by atoms with van der Waals surface area (Å²) in [6.45, 7) is 17.9. The molecule has 17 heavy (non-hydrogen) atoms. The molecule has 1 aromatic rings. The van der Waals surface area contributed by atoms with Gasteiger partial charge in [0, 0.05) is 12.7 Å². The summed E-state index contributed by atoms with van der Waals surface area (Å²) < 4.78 is 2.05. The van der Waals surface area contributed by atoms with Crippen molar-refractivity contribution < 1.29 is 29.1 Å². The van der Waals surface area contributed by atoms with E-state index < -0.39 is 0 Å². The Labute approximate surface area is 118 Å². The van der Waals surface area contributed by atoms with Crippen molar-refractivity contribution in [3.8, 4) is 0 Å². The Balaban J connectivity index is -0.0000000814. The van der Waals surface area contributed by atoms with E-state index in [-0.39, 0.29) is 19.5 Å². The number of aryl methyl sites for hydroxylation is 2. The molecule has 0 fully saturated rings. The molecule has 0 bridgehead atoms. The third-order valence-corrected chi connectivity index (χ3v) is 1.13. The van der Waals surface area contributed by atoms with E-state index in [1.165, 1.54) is 5.92 Å². The maximum Gasteiger partial charge on any atom is 3.00 e. The number of nitrogens with zero attached hydrogens (tertiary/aromatic N) is 2. The zero-order valence-electron chi connectivity index (χ0n) is 11.1. The predicted molar refractivity (Wildman–Crippen MR) is 66.4 cm³/mol. The van der Waals surface area contributed by atoms with E-state index >= 15 is 0 Å². The van der Waals surface area contributed by atoms with Crippen LogP contribution in [0.4, 0.5) is 0 Å². The molecule has 99 valence electrons. The van der Waals surface area contributed by atoms with E-state index in [2.05, 4.69) is 50.8 Å². The summed E-state index contributed by atoms with van der Waals surface area (Å²) in [7, 11) is 0. The molecule has 1 heterocycles. The fourth-order valence-corrected chi connectivity index (χ4v) is 0.645. The van der Waals surface area contributed by atoms with Crippen LogP contribution >= 0.6 is 0 Å².